The first-order chi connectivity index (χ1) is 10.4. The predicted molar refractivity (Wildman–Crippen MR) is 75.1 cm³/mol. The number of nitrogens with one attached hydrogen (secondary N) is 1. The average molecular weight is 306 g/mol. The van der Waals surface area contributed by atoms with E-state index >= 15 is 0 Å². The van der Waals surface area contributed by atoms with Gasteiger partial charge in [0.05, 0.1) is 18.1 Å². The monoisotopic (exact) mass is 306 g/mol. The number of aromatic nitrogens is 6. The van der Waals surface area contributed by atoms with Gasteiger partial charge in [0.25, 0.3) is 0 Å². The van der Waals surface area contributed by atoms with Crippen LogP contribution in [0, 0.1) is 0 Å². The number of allylic oxidation sites excluding steroid dienone is 2. The standard InChI is InChI=1S/C12H14N6O4/c1-14-9(19)13-16(10(14)20)8-5-6-3-4-7(8)18-12(22)15(2)11(21)17(6)18/h3-4,6-8H,5H2,1-2H3,(H,13,19)/t6-,7+,8+/m1/s1. The van der Waals surface area contributed by atoms with Gasteiger partial charge in [-0.15, -0.1) is 0 Å². The van der Waals surface area contributed by atoms with Gasteiger partial charge in [-0.05, 0) is 6.42 Å². The molecule has 2 aromatic heterocycles. The van der Waals surface area contributed by atoms with Gasteiger partial charge < -0.3 is 0 Å². The van der Waals surface area contributed by atoms with Crippen LogP contribution in [-0.2, 0) is 14.1 Å². The molecule has 2 aromatic rings. The van der Waals surface area contributed by atoms with E-state index < -0.39 is 29.2 Å². The molecule has 0 amide bonds. The number of rotatable bonds is 1. The number of hydrogen-bond donors (Lipinski definition) is 1. The van der Waals surface area contributed by atoms with Gasteiger partial charge in [-0.3, -0.25) is 0 Å². The lowest BCUT2D eigenvalue weighted by Crippen LogP contribution is -2.46. The molecule has 22 heavy (non-hydrogen) atoms. The minimum Gasteiger partial charge on any atom is -0.246 e. The molecule has 0 radical (unpaired) electrons. The second kappa shape index (κ2) is 3.90. The Balaban J connectivity index is 1.96. The summed E-state index contributed by atoms with van der Waals surface area (Å²) in [5.74, 6) is 0. The molecule has 4 heterocycles. The van der Waals surface area contributed by atoms with E-state index in [2.05, 4.69) is 5.10 Å². The zero-order chi connectivity index (χ0) is 15.8. The molecule has 10 heteroatoms. The highest BCUT2D eigenvalue weighted by Crippen LogP contribution is 2.40. The summed E-state index contributed by atoms with van der Waals surface area (Å²) in [5.41, 5.74) is -1.78. The van der Waals surface area contributed by atoms with Gasteiger partial charge in [0.1, 0.15) is 0 Å². The molecule has 5 rings (SSSR count). The summed E-state index contributed by atoms with van der Waals surface area (Å²) in [4.78, 5) is 48.2. The van der Waals surface area contributed by atoms with Crippen LogP contribution in [0.4, 0.5) is 0 Å². The first-order valence-electron chi connectivity index (χ1n) is 6.87. The van der Waals surface area contributed by atoms with Crippen molar-refractivity contribution >= 4 is 0 Å². The maximum Gasteiger partial charge on any atom is 0.347 e. The van der Waals surface area contributed by atoms with Gasteiger partial charge in [0.15, 0.2) is 0 Å². The van der Waals surface area contributed by atoms with Crippen LogP contribution >= 0.6 is 0 Å². The van der Waals surface area contributed by atoms with Gasteiger partial charge in [-0.2, -0.15) is 0 Å². The third-order valence-corrected chi connectivity index (χ3v) is 4.55. The molecule has 3 atom stereocenters. The number of H-pyrrole nitrogens is 1. The predicted octanol–water partition coefficient (Wildman–Crippen LogP) is -2.17. The lowest BCUT2D eigenvalue weighted by atomic mass is 9.91. The van der Waals surface area contributed by atoms with Crippen molar-refractivity contribution in [2.45, 2.75) is 24.5 Å². The van der Waals surface area contributed by atoms with Crippen LogP contribution < -0.4 is 22.8 Å². The molecule has 10 nitrogen and oxygen atoms in total. The maximum atomic E-state index is 12.3. The Kier molecular flexibility index (Phi) is 2.29. The second-order valence-electron chi connectivity index (χ2n) is 5.69. The SMILES string of the molecule is Cn1c(=O)[nH]n([C@H]2C[C@H]3C=C[C@@H]2n2c(=O)n(C)c(=O)n23)c1=O. The minimum absolute atomic E-state index is 0.313. The molecule has 0 saturated carbocycles. The lowest BCUT2D eigenvalue weighted by Gasteiger charge is -2.39. The van der Waals surface area contributed by atoms with Gasteiger partial charge in [-0.25, -0.2) is 47.5 Å². The van der Waals surface area contributed by atoms with Gasteiger partial charge in [0.2, 0.25) is 0 Å². The highest BCUT2D eigenvalue weighted by Gasteiger charge is 2.41. The Morgan fingerprint density at radius 3 is 2.27 bits per heavy atom. The number of fused-ring (bicyclic) bond motifs is 1. The normalized spacial score (nSPS) is 25.6. The van der Waals surface area contributed by atoms with Crippen molar-refractivity contribution in [1.29, 1.82) is 0 Å². The molecule has 1 N–H and O–H groups in total. The summed E-state index contributed by atoms with van der Waals surface area (Å²) in [6, 6.07) is -1.20. The van der Waals surface area contributed by atoms with Crippen molar-refractivity contribution in [3.63, 3.8) is 0 Å². The smallest absolute Gasteiger partial charge is 0.246 e. The number of hydrogen-bond acceptors (Lipinski definition) is 4. The Labute approximate surface area is 122 Å². The maximum absolute atomic E-state index is 12.3. The third kappa shape index (κ3) is 1.34. The quantitative estimate of drug-likeness (QED) is 0.605. The first-order valence-corrected chi connectivity index (χ1v) is 6.87. The van der Waals surface area contributed by atoms with Crippen LogP contribution in [0.5, 0.6) is 0 Å². The summed E-state index contributed by atoms with van der Waals surface area (Å²) < 4.78 is 6.05. The van der Waals surface area contributed by atoms with Crippen LogP contribution in [0.1, 0.15) is 24.5 Å². The van der Waals surface area contributed by atoms with Crippen LogP contribution in [0.2, 0.25) is 0 Å². The molecular formula is C12H14N6O4. The number of nitrogens with zero attached hydrogens (tertiary/aromatic N) is 5. The van der Waals surface area contributed by atoms with Crippen molar-refractivity contribution in [2.75, 3.05) is 0 Å². The summed E-state index contributed by atoms with van der Waals surface area (Å²) >= 11 is 0. The van der Waals surface area contributed by atoms with E-state index in [4.69, 9.17) is 0 Å². The third-order valence-electron chi connectivity index (χ3n) is 4.55. The van der Waals surface area contributed by atoms with E-state index in [1.807, 2.05) is 6.08 Å². The van der Waals surface area contributed by atoms with E-state index in [1.54, 1.807) is 6.08 Å². The molecule has 2 bridgehead atoms. The molecule has 0 unspecified atom stereocenters. The van der Waals surface area contributed by atoms with Crippen molar-refractivity contribution < 1.29 is 0 Å². The first kappa shape index (κ1) is 12.9. The van der Waals surface area contributed by atoms with Crippen molar-refractivity contribution in [2.24, 2.45) is 14.1 Å². The Morgan fingerprint density at radius 1 is 0.955 bits per heavy atom. The van der Waals surface area contributed by atoms with Crippen LogP contribution in [-0.4, -0.2) is 28.3 Å². The van der Waals surface area contributed by atoms with E-state index in [-0.39, 0.29) is 11.7 Å². The van der Waals surface area contributed by atoms with Gasteiger partial charge in [0, 0.05) is 14.1 Å². The van der Waals surface area contributed by atoms with Crippen molar-refractivity contribution in [3.05, 3.63) is 54.1 Å². The fourth-order valence-electron chi connectivity index (χ4n) is 3.37. The summed E-state index contributed by atoms with van der Waals surface area (Å²) in [6.07, 6.45) is 4.12. The average Bonchev–Trinajstić information content (AvgIpc) is 2.92. The topological polar surface area (TPSA) is 109 Å². The van der Waals surface area contributed by atoms with Crippen LogP contribution in [0.3, 0.4) is 0 Å². The fourth-order valence-corrected chi connectivity index (χ4v) is 3.37. The van der Waals surface area contributed by atoms with E-state index in [9.17, 15) is 19.2 Å². The molecule has 0 saturated heterocycles. The largest absolute Gasteiger partial charge is 0.347 e. The molecule has 3 aliphatic rings. The zero-order valence-corrected chi connectivity index (χ0v) is 12.0. The van der Waals surface area contributed by atoms with E-state index in [1.165, 1.54) is 28.1 Å². The summed E-state index contributed by atoms with van der Waals surface area (Å²) in [5, 5.41) is 2.51. The Bertz CT molecular complexity index is 1040. The molecule has 1 aliphatic carbocycles. The lowest BCUT2D eigenvalue weighted by molar-refractivity contribution is 0.167. The Morgan fingerprint density at radius 2 is 1.64 bits per heavy atom. The minimum atomic E-state index is -0.506. The van der Waals surface area contributed by atoms with E-state index in [0.717, 1.165) is 9.13 Å². The molecule has 0 aromatic carbocycles. The Hall–Kier alpha value is -2.78. The zero-order valence-electron chi connectivity index (χ0n) is 12.0. The summed E-state index contributed by atoms with van der Waals surface area (Å²) in [7, 11) is 2.81. The molecule has 2 aliphatic heterocycles. The molecule has 0 spiro atoms. The number of aromatic amines is 1. The molecular weight excluding hydrogens is 292 g/mol. The van der Waals surface area contributed by atoms with Crippen molar-refractivity contribution in [1.82, 2.24) is 28.3 Å². The second-order valence-corrected chi connectivity index (χ2v) is 5.69. The summed E-state index contributed by atoms with van der Waals surface area (Å²) in [6.45, 7) is 0. The van der Waals surface area contributed by atoms with Gasteiger partial charge >= 0.3 is 22.8 Å². The highest BCUT2D eigenvalue weighted by atomic mass is 16.2. The van der Waals surface area contributed by atoms with Crippen molar-refractivity contribution in [3.8, 4) is 0 Å². The molecule has 0 fully saturated rings. The fraction of sp³-hybridized carbons (Fsp3) is 0.500. The molecule has 116 valence electrons. The van der Waals surface area contributed by atoms with E-state index in [0.29, 0.717) is 6.42 Å². The van der Waals surface area contributed by atoms with Gasteiger partial charge in [-0.1, -0.05) is 12.2 Å². The van der Waals surface area contributed by atoms with Crippen LogP contribution in [0.15, 0.2) is 31.3 Å². The highest BCUT2D eigenvalue weighted by molar-refractivity contribution is 5.12. The van der Waals surface area contributed by atoms with Crippen LogP contribution in [0.25, 0.3) is 0 Å².